The highest BCUT2D eigenvalue weighted by molar-refractivity contribution is 6.30. The maximum Gasteiger partial charge on any atom is 0.225 e. The molecule has 1 amide bonds. The normalized spacial score (nSPS) is 15.7. The number of fused-ring (bicyclic) bond motifs is 1. The molecule has 1 aromatic carbocycles. The summed E-state index contributed by atoms with van der Waals surface area (Å²) in [7, 11) is 3.36. The molecular weight excluding hydrogens is 340 g/mol. The molecule has 0 bridgehead atoms. The Morgan fingerprint density at radius 3 is 2.72 bits per heavy atom. The summed E-state index contributed by atoms with van der Waals surface area (Å²) in [6.45, 7) is 3.28. The first-order valence-electron chi connectivity index (χ1n) is 8.34. The van der Waals surface area contributed by atoms with Gasteiger partial charge < -0.3 is 10.0 Å². The number of rotatable bonds is 5. The molecule has 25 heavy (non-hydrogen) atoms. The number of carbonyl (C=O) groups excluding carboxylic acids is 1. The summed E-state index contributed by atoms with van der Waals surface area (Å²) in [4.78, 5) is 15.6. The first kappa shape index (κ1) is 17.9. The molecule has 2 aromatic rings. The minimum Gasteiger partial charge on any atom is -0.386 e. The Kier molecular flexibility index (Phi) is 5.42. The average Bonchev–Trinajstić information content (AvgIpc) is 3.00. The lowest BCUT2D eigenvalue weighted by Gasteiger charge is -2.27. The summed E-state index contributed by atoms with van der Waals surface area (Å²) in [6.07, 6.45) is -0.810. The van der Waals surface area contributed by atoms with Gasteiger partial charge in [-0.3, -0.25) is 14.4 Å². The Morgan fingerprint density at radius 1 is 1.32 bits per heavy atom. The molecule has 134 valence electrons. The molecule has 0 aliphatic carbocycles. The van der Waals surface area contributed by atoms with Crippen LogP contribution < -0.4 is 0 Å². The Morgan fingerprint density at radius 2 is 2.04 bits per heavy atom. The van der Waals surface area contributed by atoms with E-state index in [1.54, 1.807) is 14.1 Å². The summed E-state index contributed by atoms with van der Waals surface area (Å²) in [5.74, 6) is -0.108. The number of aromatic nitrogens is 2. The van der Waals surface area contributed by atoms with Crippen LogP contribution in [-0.2, 0) is 24.4 Å². The lowest BCUT2D eigenvalue weighted by molar-refractivity contribution is -0.130. The van der Waals surface area contributed by atoms with Crippen molar-refractivity contribution in [2.75, 3.05) is 20.6 Å². The number of aliphatic hydroxyl groups is 1. The molecule has 0 spiro atoms. The second-order valence-corrected chi connectivity index (χ2v) is 7.07. The molecule has 0 radical (unpaired) electrons. The molecule has 2 heterocycles. The average molecular weight is 363 g/mol. The van der Waals surface area contributed by atoms with Crippen LogP contribution in [0.5, 0.6) is 0 Å². The van der Waals surface area contributed by atoms with E-state index in [1.807, 2.05) is 35.0 Å². The van der Waals surface area contributed by atoms with Crippen molar-refractivity contribution in [2.45, 2.75) is 32.2 Å². The highest BCUT2D eigenvalue weighted by atomic mass is 35.5. The van der Waals surface area contributed by atoms with Crippen molar-refractivity contribution in [1.29, 1.82) is 0 Å². The van der Waals surface area contributed by atoms with Gasteiger partial charge in [0.25, 0.3) is 0 Å². The Labute approximate surface area is 152 Å². The fourth-order valence-electron chi connectivity index (χ4n) is 2.94. The number of halogens is 1. The van der Waals surface area contributed by atoms with Gasteiger partial charge in [-0.05, 0) is 23.8 Å². The molecule has 1 aliphatic heterocycles. The van der Waals surface area contributed by atoms with Gasteiger partial charge in [-0.2, -0.15) is 5.10 Å². The predicted molar refractivity (Wildman–Crippen MR) is 96.1 cm³/mol. The van der Waals surface area contributed by atoms with Crippen LogP contribution in [0.1, 0.15) is 29.5 Å². The fraction of sp³-hybridized carbons (Fsp3) is 0.444. The minimum atomic E-state index is -0.863. The van der Waals surface area contributed by atoms with Crippen molar-refractivity contribution in [3.63, 3.8) is 0 Å². The van der Waals surface area contributed by atoms with E-state index in [-0.39, 0.29) is 12.3 Å². The largest absolute Gasteiger partial charge is 0.386 e. The molecular formula is C18H23ClN4O2. The fourth-order valence-corrected chi connectivity index (χ4v) is 3.07. The molecule has 3 rings (SSSR count). The molecule has 1 aromatic heterocycles. The van der Waals surface area contributed by atoms with E-state index >= 15 is 0 Å². The van der Waals surface area contributed by atoms with Crippen LogP contribution in [0.25, 0.3) is 0 Å². The van der Waals surface area contributed by atoms with Gasteiger partial charge in [-0.1, -0.05) is 23.7 Å². The predicted octanol–water partition coefficient (Wildman–Crippen LogP) is 2.06. The summed E-state index contributed by atoms with van der Waals surface area (Å²) in [6, 6.07) is 9.79. The highest BCUT2D eigenvalue weighted by Gasteiger charge is 2.23. The lowest BCUT2D eigenvalue weighted by atomic mass is 10.1. The Balaban J connectivity index is 1.64. The second kappa shape index (κ2) is 7.56. The number of nitrogens with zero attached hydrogens (tertiary/aromatic N) is 4. The highest BCUT2D eigenvalue weighted by Crippen LogP contribution is 2.22. The monoisotopic (exact) mass is 362 g/mol. The summed E-state index contributed by atoms with van der Waals surface area (Å²) >= 11 is 5.93. The standard InChI is InChI=1S/C18H23ClN4O2/c1-21(2)18(25)10-17(24)16-9-15-12-22(7-8-23(15)20-16)11-13-3-5-14(19)6-4-13/h3-6,9,17,24H,7-8,10-12H2,1-2H3/t17-/m1/s1. The third kappa shape index (κ3) is 4.39. The molecule has 1 N–H and O–H groups in total. The maximum absolute atomic E-state index is 11.8. The Bertz CT molecular complexity index is 742. The molecule has 7 heteroatoms. The summed E-state index contributed by atoms with van der Waals surface area (Å²) < 4.78 is 1.93. The smallest absolute Gasteiger partial charge is 0.225 e. The number of benzene rings is 1. The van der Waals surface area contributed by atoms with Crippen LogP contribution in [0.4, 0.5) is 0 Å². The molecule has 0 unspecified atom stereocenters. The summed E-state index contributed by atoms with van der Waals surface area (Å²) in [5.41, 5.74) is 2.85. The van der Waals surface area contributed by atoms with Crippen LogP contribution >= 0.6 is 11.6 Å². The van der Waals surface area contributed by atoms with Crippen LogP contribution in [0, 0.1) is 0 Å². The number of amides is 1. The first-order valence-corrected chi connectivity index (χ1v) is 8.72. The van der Waals surface area contributed by atoms with Crippen LogP contribution in [-0.4, -0.2) is 51.2 Å². The molecule has 1 aliphatic rings. The third-order valence-electron chi connectivity index (χ3n) is 4.42. The van der Waals surface area contributed by atoms with Crippen molar-refractivity contribution >= 4 is 17.5 Å². The molecule has 0 saturated carbocycles. The summed E-state index contributed by atoms with van der Waals surface area (Å²) in [5, 5.41) is 15.5. The zero-order valence-electron chi connectivity index (χ0n) is 14.5. The van der Waals surface area contributed by atoms with Gasteiger partial charge in [0.05, 0.1) is 24.4 Å². The Hall–Kier alpha value is -1.89. The number of carbonyl (C=O) groups is 1. The molecule has 0 saturated heterocycles. The van der Waals surface area contributed by atoms with Gasteiger partial charge in [-0.15, -0.1) is 0 Å². The van der Waals surface area contributed by atoms with Crippen molar-refractivity contribution in [1.82, 2.24) is 19.6 Å². The SMILES string of the molecule is CN(C)C(=O)C[C@@H](O)c1cc2n(n1)CCN(Cc1ccc(Cl)cc1)C2. The minimum absolute atomic E-state index is 0.0535. The number of aliphatic hydroxyl groups excluding tert-OH is 1. The van der Waals surface area contributed by atoms with E-state index in [9.17, 15) is 9.90 Å². The van der Waals surface area contributed by atoms with Crippen LogP contribution in [0.2, 0.25) is 5.02 Å². The molecule has 6 nitrogen and oxygen atoms in total. The van der Waals surface area contributed by atoms with Crippen molar-refractivity contribution in [2.24, 2.45) is 0 Å². The second-order valence-electron chi connectivity index (χ2n) is 6.63. The van der Waals surface area contributed by atoms with E-state index in [4.69, 9.17) is 11.6 Å². The van der Waals surface area contributed by atoms with Crippen molar-refractivity contribution in [3.05, 3.63) is 52.3 Å². The number of hydrogen-bond donors (Lipinski definition) is 1. The maximum atomic E-state index is 11.8. The molecule has 1 atom stereocenters. The molecule has 0 fully saturated rings. The lowest BCUT2D eigenvalue weighted by Crippen LogP contribution is -2.33. The van der Waals surface area contributed by atoms with Gasteiger partial charge in [0.1, 0.15) is 6.10 Å². The van der Waals surface area contributed by atoms with Crippen molar-refractivity contribution in [3.8, 4) is 0 Å². The van der Waals surface area contributed by atoms with E-state index in [0.717, 1.165) is 36.9 Å². The van der Waals surface area contributed by atoms with E-state index in [2.05, 4.69) is 10.00 Å². The topological polar surface area (TPSA) is 61.6 Å². The van der Waals surface area contributed by atoms with Crippen LogP contribution in [0.3, 0.4) is 0 Å². The number of hydrogen-bond acceptors (Lipinski definition) is 4. The van der Waals surface area contributed by atoms with Gasteiger partial charge in [0, 0.05) is 38.8 Å². The van der Waals surface area contributed by atoms with E-state index in [1.165, 1.54) is 10.5 Å². The third-order valence-corrected chi connectivity index (χ3v) is 4.68. The first-order chi connectivity index (χ1) is 11.9. The van der Waals surface area contributed by atoms with Crippen molar-refractivity contribution < 1.29 is 9.90 Å². The van der Waals surface area contributed by atoms with Gasteiger partial charge >= 0.3 is 0 Å². The van der Waals surface area contributed by atoms with E-state index in [0.29, 0.717) is 5.69 Å². The van der Waals surface area contributed by atoms with Gasteiger partial charge in [-0.25, -0.2) is 0 Å². The van der Waals surface area contributed by atoms with Gasteiger partial charge in [0.2, 0.25) is 5.91 Å². The van der Waals surface area contributed by atoms with E-state index < -0.39 is 6.10 Å². The zero-order chi connectivity index (χ0) is 18.0. The van der Waals surface area contributed by atoms with Gasteiger partial charge in [0.15, 0.2) is 0 Å². The quantitative estimate of drug-likeness (QED) is 0.884. The zero-order valence-corrected chi connectivity index (χ0v) is 15.3. The van der Waals surface area contributed by atoms with Crippen LogP contribution in [0.15, 0.2) is 30.3 Å².